The van der Waals surface area contributed by atoms with E-state index in [1.165, 1.54) is 18.2 Å². The molecule has 8 heteroatoms. The summed E-state index contributed by atoms with van der Waals surface area (Å²) in [4.78, 5) is 13.0. The smallest absolute Gasteiger partial charge is 0.264 e. The number of benzene rings is 3. The Labute approximate surface area is 200 Å². The third-order valence-electron chi connectivity index (χ3n) is 5.06. The highest BCUT2D eigenvalue weighted by molar-refractivity contribution is 7.92. The summed E-state index contributed by atoms with van der Waals surface area (Å²) in [7, 11) is -4.00. The summed E-state index contributed by atoms with van der Waals surface area (Å²) in [6.07, 6.45) is 0. The summed E-state index contributed by atoms with van der Waals surface area (Å²) in [6, 6.07) is 20.0. The monoisotopic (exact) mass is 486 g/mol. The molecule has 0 radical (unpaired) electrons. The van der Waals surface area contributed by atoms with Crippen LogP contribution in [0.3, 0.4) is 0 Å². The number of nitrogens with zero attached hydrogens (tertiary/aromatic N) is 1. The van der Waals surface area contributed by atoms with Gasteiger partial charge in [-0.15, -0.1) is 0 Å². The van der Waals surface area contributed by atoms with Crippen molar-refractivity contribution in [1.29, 1.82) is 0 Å². The van der Waals surface area contributed by atoms with Gasteiger partial charge in [0.05, 0.1) is 23.2 Å². The highest BCUT2D eigenvalue weighted by atomic mass is 35.5. The van der Waals surface area contributed by atoms with E-state index in [0.717, 1.165) is 21.2 Å². The number of ether oxygens (including phenoxy) is 1. The van der Waals surface area contributed by atoms with Crippen molar-refractivity contribution in [3.8, 4) is 5.75 Å². The lowest BCUT2D eigenvalue weighted by Gasteiger charge is -2.25. The fourth-order valence-corrected chi connectivity index (χ4v) is 4.90. The van der Waals surface area contributed by atoms with E-state index < -0.39 is 22.5 Å². The zero-order valence-electron chi connectivity index (χ0n) is 18.8. The fourth-order valence-electron chi connectivity index (χ4n) is 3.30. The number of aryl methyl sites for hydroxylation is 1. The number of hydrogen-bond donors (Lipinski definition) is 1. The lowest BCUT2D eigenvalue weighted by Crippen LogP contribution is -2.41. The number of hydrogen-bond acceptors (Lipinski definition) is 4. The molecule has 33 heavy (non-hydrogen) atoms. The van der Waals surface area contributed by atoms with Gasteiger partial charge >= 0.3 is 0 Å². The first-order chi connectivity index (χ1) is 15.7. The van der Waals surface area contributed by atoms with Crippen LogP contribution in [-0.4, -0.2) is 27.5 Å². The molecule has 0 bridgehead atoms. The van der Waals surface area contributed by atoms with E-state index in [2.05, 4.69) is 5.32 Å². The predicted molar refractivity (Wildman–Crippen MR) is 131 cm³/mol. The van der Waals surface area contributed by atoms with Gasteiger partial charge in [0, 0.05) is 5.02 Å². The number of anilines is 1. The van der Waals surface area contributed by atoms with Crippen LogP contribution in [0.4, 0.5) is 5.69 Å². The topological polar surface area (TPSA) is 75.7 Å². The molecule has 0 aliphatic carbocycles. The molecule has 1 atom stereocenters. The standard InChI is InChI=1S/C25H27ClN2O4S/c1-4-32-23-12-10-20(11-13-23)19(3)27-25(29)17-28(22-7-5-6-21(26)16-22)33(30,31)24-14-8-18(2)9-15-24/h5-16,19H,4,17H2,1-3H3,(H,27,29)/t19-/m1/s1. The quantitative estimate of drug-likeness (QED) is 0.455. The molecule has 0 saturated carbocycles. The lowest BCUT2D eigenvalue weighted by atomic mass is 10.1. The Morgan fingerprint density at radius 3 is 2.33 bits per heavy atom. The first-order valence-electron chi connectivity index (χ1n) is 10.6. The summed E-state index contributed by atoms with van der Waals surface area (Å²) in [5.74, 6) is 0.308. The molecule has 1 N–H and O–H groups in total. The van der Waals surface area contributed by atoms with Crippen molar-refractivity contribution in [3.05, 3.63) is 88.9 Å². The molecule has 6 nitrogen and oxygen atoms in total. The highest BCUT2D eigenvalue weighted by Crippen LogP contribution is 2.26. The zero-order chi connectivity index (χ0) is 24.0. The number of carbonyl (C=O) groups excluding carboxylic acids is 1. The van der Waals surface area contributed by atoms with Crippen molar-refractivity contribution in [1.82, 2.24) is 5.32 Å². The Morgan fingerprint density at radius 2 is 1.73 bits per heavy atom. The Morgan fingerprint density at radius 1 is 1.06 bits per heavy atom. The van der Waals surface area contributed by atoms with Gasteiger partial charge in [0.15, 0.2) is 0 Å². The van der Waals surface area contributed by atoms with Crippen LogP contribution >= 0.6 is 11.6 Å². The van der Waals surface area contributed by atoms with Crippen molar-refractivity contribution in [2.24, 2.45) is 0 Å². The Bertz CT molecular complexity index is 1200. The third kappa shape index (κ3) is 6.27. The van der Waals surface area contributed by atoms with Crippen LogP contribution < -0.4 is 14.4 Å². The second-order valence-electron chi connectivity index (χ2n) is 7.60. The van der Waals surface area contributed by atoms with Crippen molar-refractivity contribution < 1.29 is 17.9 Å². The number of rotatable bonds is 9. The van der Waals surface area contributed by atoms with Gasteiger partial charge in [-0.3, -0.25) is 9.10 Å². The van der Waals surface area contributed by atoms with Crippen LogP contribution in [0, 0.1) is 6.92 Å². The molecular weight excluding hydrogens is 460 g/mol. The average molecular weight is 487 g/mol. The van der Waals surface area contributed by atoms with Crippen molar-refractivity contribution in [3.63, 3.8) is 0 Å². The molecule has 3 aromatic carbocycles. The Kier molecular flexibility index (Phi) is 8.00. The van der Waals surface area contributed by atoms with Crippen molar-refractivity contribution >= 4 is 33.2 Å². The highest BCUT2D eigenvalue weighted by Gasteiger charge is 2.28. The summed E-state index contributed by atoms with van der Waals surface area (Å²) < 4.78 is 33.4. The predicted octanol–water partition coefficient (Wildman–Crippen LogP) is 5.12. The van der Waals surface area contributed by atoms with Gasteiger partial charge in [-0.1, -0.05) is 47.5 Å². The van der Waals surface area contributed by atoms with Gasteiger partial charge < -0.3 is 10.1 Å². The van der Waals surface area contributed by atoms with Gasteiger partial charge in [0.2, 0.25) is 5.91 Å². The van der Waals surface area contributed by atoms with E-state index in [4.69, 9.17) is 16.3 Å². The van der Waals surface area contributed by atoms with Crippen LogP contribution in [0.15, 0.2) is 77.7 Å². The maximum atomic E-state index is 13.4. The minimum atomic E-state index is -4.00. The van der Waals surface area contributed by atoms with Gasteiger partial charge in [0.25, 0.3) is 10.0 Å². The van der Waals surface area contributed by atoms with Crippen LogP contribution in [0.5, 0.6) is 5.75 Å². The minimum Gasteiger partial charge on any atom is -0.494 e. The average Bonchev–Trinajstić information content (AvgIpc) is 2.78. The van der Waals surface area contributed by atoms with E-state index >= 15 is 0 Å². The minimum absolute atomic E-state index is 0.0976. The molecule has 174 valence electrons. The Balaban J connectivity index is 1.84. The van der Waals surface area contributed by atoms with Gasteiger partial charge in [-0.2, -0.15) is 0 Å². The number of halogens is 1. The number of nitrogens with one attached hydrogen (secondary N) is 1. The normalized spacial score (nSPS) is 12.1. The summed E-state index contributed by atoms with van der Waals surface area (Å²) in [6.45, 7) is 5.80. The molecule has 0 unspecified atom stereocenters. The molecule has 0 spiro atoms. The number of sulfonamides is 1. The van der Waals surface area contributed by atoms with Crippen LogP contribution in [-0.2, 0) is 14.8 Å². The Hall–Kier alpha value is -3.03. The molecule has 0 saturated heterocycles. The molecule has 0 fully saturated rings. The first-order valence-corrected chi connectivity index (χ1v) is 12.4. The van der Waals surface area contributed by atoms with Crippen molar-refractivity contribution in [2.75, 3.05) is 17.5 Å². The van der Waals surface area contributed by atoms with Crippen LogP contribution in [0.1, 0.15) is 31.0 Å². The third-order valence-corrected chi connectivity index (χ3v) is 7.08. The molecule has 3 rings (SSSR count). The second kappa shape index (κ2) is 10.7. The maximum absolute atomic E-state index is 13.4. The van der Waals surface area contributed by atoms with Crippen LogP contribution in [0.25, 0.3) is 0 Å². The zero-order valence-corrected chi connectivity index (χ0v) is 20.4. The summed E-state index contributed by atoms with van der Waals surface area (Å²) >= 11 is 6.11. The molecule has 0 aliphatic rings. The number of amides is 1. The van der Waals surface area contributed by atoms with Crippen molar-refractivity contribution in [2.45, 2.75) is 31.7 Å². The van der Waals surface area contributed by atoms with Gasteiger partial charge in [-0.05, 0) is 68.8 Å². The van der Waals surface area contributed by atoms with Gasteiger partial charge in [-0.25, -0.2) is 8.42 Å². The molecular formula is C25H27ClN2O4S. The van der Waals surface area contributed by atoms with E-state index in [0.29, 0.717) is 17.3 Å². The lowest BCUT2D eigenvalue weighted by molar-refractivity contribution is -0.120. The number of carbonyl (C=O) groups is 1. The second-order valence-corrected chi connectivity index (χ2v) is 9.89. The largest absolute Gasteiger partial charge is 0.494 e. The summed E-state index contributed by atoms with van der Waals surface area (Å²) in [5, 5.41) is 3.25. The maximum Gasteiger partial charge on any atom is 0.264 e. The van der Waals surface area contributed by atoms with E-state index in [1.807, 2.05) is 45.0 Å². The van der Waals surface area contributed by atoms with E-state index in [9.17, 15) is 13.2 Å². The van der Waals surface area contributed by atoms with Crippen LogP contribution in [0.2, 0.25) is 5.02 Å². The fraction of sp³-hybridized carbons (Fsp3) is 0.240. The summed E-state index contributed by atoms with van der Waals surface area (Å²) in [5.41, 5.74) is 2.12. The van der Waals surface area contributed by atoms with E-state index in [-0.39, 0.29) is 10.9 Å². The SMILES string of the molecule is CCOc1ccc([C@@H](C)NC(=O)CN(c2cccc(Cl)c2)S(=O)(=O)c2ccc(C)cc2)cc1. The molecule has 0 heterocycles. The van der Waals surface area contributed by atoms with E-state index in [1.54, 1.807) is 30.3 Å². The molecule has 3 aromatic rings. The molecule has 0 aliphatic heterocycles. The molecule has 0 aromatic heterocycles. The first kappa shape index (κ1) is 24.6. The molecule has 1 amide bonds. The van der Waals surface area contributed by atoms with Gasteiger partial charge in [0.1, 0.15) is 12.3 Å².